The summed E-state index contributed by atoms with van der Waals surface area (Å²) < 4.78 is 4.66. The zero-order valence-corrected chi connectivity index (χ0v) is 11.7. The van der Waals surface area contributed by atoms with Gasteiger partial charge in [-0.25, -0.2) is 0 Å². The Morgan fingerprint density at radius 1 is 1.08 bits per heavy atom. The zero-order valence-electron chi connectivity index (χ0n) is 6.24. The molecule has 1 rings (SSSR count). The summed E-state index contributed by atoms with van der Waals surface area (Å²) in [5, 5.41) is 0. The molecule has 0 atom stereocenters. The normalized spacial score (nSPS) is 8.67. The molecule has 0 unspecified atom stereocenters. The van der Waals surface area contributed by atoms with Crippen molar-refractivity contribution in [1.82, 2.24) is 0 Å². The molecule has 0 saturated carbocycles. The number of furan rings is 1. The van der Waals surface area contributed by atoms with Crippen LogP contribution in [0.2, 0.25) is 0 Å². The molecule has 2 amide bonds. The van der Waals surface area contributed by atoms with Crippen molar-refractivity contribution in [2.45, 2.75) is 0 Å². The van der Waals surface area contributed by atoms with E-state index in [0.717, 1.165) is 0 Å². The van der Waals surface area contributed by atoms with Crippen molar-refractivity contribution >= 4 is 39.1 Å². The number of rotatable bonds is 2. The quantitative estimate of drug-likeness (QED) is 0.630. The third-order valence-electron chi connectivity index (χ3n) is 1.09. The molecular weight excluding hydrogens is 355 g/mol. The van der Waals surface area contributed by atoms with Crippen molar-refractivity contribution in [1.29, 1.82) is 0 Å². The van der Waals surface area contributed by atoms with Gasteiger partial charge in [0.15, 0.2) is 11.5 Å². The maximum absolute atomic E-state index is 10.4. The fraction of sp³-hybridized carbons (Fsp3) is 0. The van der Waals surface area contributed by atoms with Crippen LogP contribution in [0.15, 0.2) is 16.5 Å². The SMILES string of the molecule is NC(=O)c1ccc(C(N)=O)o1.[PbH2]. The van der Waals surface area contributed by atoms with E-state index in [4.69, 9.17) is 11.5 Å². The second kappa shape index (κ2) is 4.24. The molecular formula is C6H8N2O3Pb. The summed E-state index contributed by atoms with van der Waals surface area (Å²) in [7, 11) is 0. The summed E-state index contributed by atoms with van der Waals surface area (Å²) in [5.74, 6) is -1.59. The third kappa shape index (κ3) is 2.33. The predicted octanol–water partition coefficient (Wildman–Crippen LogP) is -1.44. The van der Waals surface area contributed by atoms with Crippen LogP contribution in [0, 0.1) is 0 Å². The molecule has 12 heavy (non-hydrogen) atoms. The molecule has 0 aliphatic heterocycles. The Hall–Kier alpha value is -0.858. The first-order valence-electron chi connectivity index (χ1n) is 2.80. The fourth-order valence-corrected chi connectivity index (χ4v) is 0.603. The topological polar surface area (TPSA) is 99.3 Å². The second-order valence-electron chi connectivity index (χ2n) is 1.89. The Balaban J connectivity index is 0.00000121. The first-order chi connectivity index (χ1) is 5.11. The van der Waals surface area contributed by atoms with Crippen molar-refractivity contribution in [3.05, 3.63) is 23.7 Å². The van der Waals surface area contributed by atoms with Crippen LogP contribution in [0.5, 0.6) is 0 Å². The van der Waals surface area contributed by atoms with Gasteiger partial charge in [0.2, 0.25) is 0 Å². The van der Waals surface area contributed by atoms with E-state index in [-0.39, 0.29) is 38.8 Å². The van der Waals surface area contributed by atoms with Crippen LogP contribution < -0.4 is 11.5 Å². The summed E-state index contributed by atoms with van der Waals surface area (Å²) >= 11 is 0. The Kier molecular flexibility index (Phi) is 3.94. The standard InChI is InChI=1S/C6H6N2O3.Pb.2H/c7-5(9)3-1-2-4(11-3)6(8)10;;;/h1-2H,(H2,7,9)(H2,8,10);;;. The van der Waals surface area contributed by atoms with E-state index in [1.165, 1.54) is 12.1 Å². The molecule has 0 aromatic carbocycles. The summed E-state index contributed by atoms with van der Waals surface area (Å²) in [6.45, 7) is 0. The van der Waals surface area contributed by atoms with Crippen molar-refractivity contribution < 1.29 is 14.0 Å². The minimum absolute atomic E-state index is 0. The monoisotopic (exact) mass is 364 g/mol. The van der Waals surface area contributed by atoms with Crippen LogP contribution in [-0.2, 0) is 0 Å². The first-order valence-corrected chi connectivity index (χ1v) is 2.80. The Morgan fingerprint density at radius 2 is 1.42 bits per heavy atom. The molecule has 4 N–H and O–H groups in total. The molecule has 0 fully saturated rings. The molecule has 1 aromatic heterocycles. The zero-order chi connectivity index (χ0) is 8.43. The van der Waals surface area contributed by atoms with Crippen molar-refractivity contribution in [3.63, 3.8) is 0 Å². The van der Waals surface area contributed by atoms with E-state index in [1.54, 1.807) is 0 Å². The number of carbonyl (C=O) groups is 2. The molecule has 64 valence electrons. The maximum atomic E-state index is 10.4. The van der Waals surface area contributed by atoms with Crippen LogP contribution in [0.4, 0.5) is 0 Å². The number of carbonyl (C=O) groups excluding carboxylic acids is 2. The van der Waals surface area contributed by atoms with Crippen LogP contribution in [0.1, 0.15) is 21.1 Å². The van der Waals surface area contributed by atoms with Gasteiger partial charge in [-0.05, 0) is 12.1 Å². The first kappa shape index (κ1) is 11.1. The molecule has 0 saturated heterocycles. The van der Waals surface area contributed by atoms with Gasteiger partial charge < -0.3 is 15.9 Å². The molecule has 1 heterocycles. The molecule has 2 radical (unpaired) electrons. The Labute approximate surface area is 88.2 Å². The summed E-state index contributed by atoms with van der Waals surface area (Å²) in [6, 6.07) is 2.59. The third-order valence-corrected chi connectivity index (χ3v) is 1.09. The van der Waals surface area contributed by atoms with Crippen molar-refractivity contribution in [2.24, 2.45) is 11.5 Å². The summed E-state index contributed by atoms with van der Waals surface area (Å²) in [4.78, 5) is 20.8. The molecule has 6 heteroatoms. The van der Waals surface area contributed by atoms with E-state index >= 15 is 0 Å². The van der Waals surface area contributed by atoms with Crippen molar-refractivity contribution in [2.75, 3.05) is 0 Å². The van der Waals surface area contributed by atoms with Crippen LogP contribution in [-0.4, -0.2) is 39.1 Å². The van der Waals surface area contributed by atoms with E-state index in [2.05, 4.69) is 4.42 Å². The van der Waals surface area contributed by atoms with Gasteiger partial charge in [-0.3, -0.25) is 9.59 Å². The van der Waals surface area contributed by atoms with Gasteiger partial charge in [0.05, 0.1) is 0 Å². The molecule has 0 aliphatic carbocycles. The molecule has 5 nitrogen and oxygen atoms in total. The van der Waals surface area contributed by atoms with Gasteiger partial charge in [0.25, 0.3) is 11.8 Å². The second-order valence-corrected chi connectivity index (χ2v) is 1.89. The average Bonchev–Trinajstić information content (AvgIpc) is 2.33. The summed E-state index contributed by atoms with van der Waals surface area (Å²) in [5.41, 5.74) is 9.68. The van der Waals surface area contributed by atoms with E-state index < -0.39 is 11.8 Å². The van der Waals surface area contributed by atoms with Crippen LogP contribution >= 0.6 is 0 Å². The number of primary amides is 2. The van der Waals surface area contributed by atoms with Crippen LogP contribution in [0.25, 0.3) is 0 Å². The number of hydrogen-bond donors (Lipinski definition) is 2. The Bertz CT molecular complexity index is 279. The van der Waals surface area contributed by atoms with Gasteiger partial charge in [-0.15, -0.1) is 0 Å². The van der Waals surface area contributed by atoms with Gasteiger partial charge >= 0.3 is 27.3 Å². The average molecular weight is 363 g/mol. The summed E-state index contributed by atoms with van der Waals surface area (Å²) in [6.07, 6.45) is 0. The number of nitrogens with two attached hydrogens (primary N) is 2. The molecule has 0 spiro atoms. The molecule has 0 aliphatic rings. The van der Waals surface area contributed by atoms with Crippen molar-refractivity contribution in [3.8, 4) is 0 Å². The number of hydrogen-bond acceptors (Lipinski definition) is 3. The predicted molar refractivity (Wildman–Crippen MR) is 44.3 cm³/mol. The molecule has 0 bridgehead atoms. The minimum atomic E-state index is -0.725. The fourth-order valence-electron chi connectivity index (χ4n) is 0.603. The van der Waals surface area contributed by atoms with E-state index in [9.17, 15) is 9.59 Å². The van der Waals surface area contributed by atoms with Gasteiger partial charge in [0, 0.05) is 0 Å². The van der Waals surface area contributed by atoms with Gasteiger partial charge in [-0.2, -0.15) is 0 Å². The van der Waals surface area contributed by atoms with E-state index in [0.29, 0.717) is 0 Å². The van der Waals surface area contributed by atoms with Gasteiger partial charge in [-0.1, -0.05) is 0 Å². The number of amides is 2. The van der Waals surface area contributed by atoms with E-state index in [1.807, 2.05) is 0 Å². The Morgan fingerprint density at radius 3 is 1.58 bits per heavy atom. The van der Waals surface area contributed by atoms with Crippen LogP contribution in [0.3, 0.4) is 0 Å². The van der Waals surface area contributed by atoms with Gasteiger partial charge in [0.1, 0.15) is 0 Å². The molecule has 1 aromatic rings.